The van der Waals surface area contributed by atoms with Crippen LogP contribution in [0.1, 0.15) is 24.2 Å². The Hall–Kier alpha value is -3.18. The lowest BCUT2D eigenvalue weighted by Crippen LogP contribution is -2.13. The first kappa shape index (κ1) is 19.2. The van der Waals surface area contributed by atoms with Crippen molar-refractivity contribution in [3.05, 3.63) is 78.4 Å². The van der Waals surface area contributed by atoms with Crippen molar-refractivity contribution in [3.63, 3.8) is 0 Å². The number of carbonyl (C=O) groups is 1. The van der Waals surface area contributed by atoms with Crippen LogP contribution < -0.4 is 10.1 Å². The van der Waals surface area contributed by atoms with E-state index in [2.05, 4.69) is 25.2 Å². The van der Waals surface area contributed by atoms with Gasteiger partial charge in [-0.15, -0.1) is 11.3 Å². The molecule has 0 saturated carbocycles. The number of anilines is 1. The zero-order chi connectivity index (χ0) is 20.2. The van der Waals surface area contributed by atoms with E-state index in [4.69, 9.17) is 9.72 Å². The van der Waals surface area contributed by atoms with Gasteiger partial charge in [0, 0.05) is 11.1 Å². The number of ether oxygens (including phenoxy) is 1. The topological polar surface area (TPSA) is 51.2 Å². The van der Waals surface area contributed by atoms with Gasteiger partial charge in [0.2, 0.25) is 0 Å². The van der Waals surface area contributed by atoms with Crippen molar-refractivity contribution in [1.29, 1.82) is 0 Å². The molecule has 0 aliphatic heterocycles. The fourth-order valence-electron chi connectivity index (χ4n) is 2.95. The highest BCUT2D eigenvalue weighted by molar-refractivity contribution is 7.21. The van der Waals surface area contributed by atoms with Crippen LogP contribution >= 0.6 is 11.3 Å². The summed E-state index contributed by atoms with van der Waals surface area (Å²) in [4.78, 5) is 17.6. The molecule has 0 saturated heterocycles. The minimum absolute atomic E-state index is 0.173. The number of hydrogen-bond donors (Lipinski definition) is 1. The van der Waals surface area contributed by atoms with E-state index in [1.165, 1.54) is 0 Å². The third-order valence-electron chi connectivity index (χ3n) is 4.38. The highest BCUT2D eigenvalue weighted by atomic mass is 32.1. The molecule has 29 heavy (non-hydrogen) atoms. The molecule has 1 heterocycles. The van der Waals surface area contributed by atoms with Gasteiger partial charge >= 0.3 is 0 Å². The van der Waals surface area contributed by atoms with Crippen LogP contribution in [0.4, 0.5) is 5.69 Å². The van der Waals surface area contributed by atoms with Crippen LogP contribution in [0.3, 0.4) is 0 Å². The minimum Gasteiger partial charge on any atom is -0.493 e. The fraction of sp³-hybridized carbons (Fsp3) is 0.167. The highest BCUT2D eigenvalue weighted by Crippen LogP contribution is 2.34. The highest BCUT2D eigenvalue weighted by Gasteiger charge is 2.14. The van der Waals surface area contributed by atoms with Gasteiger partial charge < -0.3 is 10.1 Å². The number of fused-ring (bicyclic) bond motifs is 1. The van der Waals surface area contributed by atoms with Crippen LogP contribution in [0.25, 0.3) is 20.8 Å². The Morgan fingerprint density at radius 3 is 2.66 bits per heavy atom. The predicted molar refractivity (Wildman–Crippen MR) is 120 cm³/mol. The van der Waals surface area contributed by atoms with Crippen molar-refractivity contribution in [3.8, 4) is 16.3 Å². The first-order valence-corrected chi connectivity index (χ1v) is 10.4. The minimum atomic E-state index is -0.173. The summed E-state index contributed by atoms with van der Waals surface area (Å²) in [7, 11) is 0. The zero-order valence-corrected chi connectivity index (χ0v) is 17.2. The Kier molecular flexibility index (Phi) is 5.58. The third kappa shape index (κ3) is 4.46. The normalized spacial score (nSPS) is 11.0. The van der Waals surface area contributed by atoms with Gasteiger partial charge in [0.15, 0.2) is 0 Å². The largest absolute Gasteiger partial charge is 0.493 e. The van der Waals surface area contributed by atoms with Gasteiger partial charge in [0.05, 0.1) is 22.5 Å². The number of hydrogen-bond acceptors (Lipinski definition) is 4. The molecule has 1 aromatic heterocycles. The molecule has 0 aliphatic carbocycles. The van der Waals surface area contributed by atoms with Gasteiger partial charge in [0.1, 0.15) is 10.8 Å². The molecular formula is C24H22N2O2S. The van der Waals surface area contributed by atoms with E-state index in [9.17, 15) is 4.79 Å². The average molecular weight is 403 g/mol. The first-order valence-electron chi connectivity index (χ1n) is 9.59. The molecule has 0 aliphatic rings. The van der Waals surface area contributed by atoms with Crippen LogP contribution in [0.15, 0.2) is 72.8 Å². The maximum absolute atomic E-state index is 12.9. The van der Waals surface area contributed by atoms with Crippen LogP contribution in [0.2, 0.25) is 0 Å². The molecule has 146 valence electrons. The Labute approximate surface area is 174 Å². The van der Waals surface area contributed by atoms with Crippen molar-refractivity contribution in [2.75, 3.05) is 11.9 Å². The molecule has 0 atom stereocenters. The van der Waals surface area contributed by atoms with E-state index < -0.39 is 0 Å². The lowest BCUT2D eigenvalue weighted by atomic mass is 10.1. The van der Waals surface area contributed by atoms with Crippen LogP contribution in [-0.4, -0.2) is 17.5 Å². The molecule has 0 fully saturated rings. The number of nitrogens with zero attached hydrogens (tertiary/aromatic N) is 1. The van der Waals surface area contributed by atoms with Gasteiger partial charge in [-0.1, -0.05) is 44.2 Å². The predicted octanol–water partition coefficient (Wildman–Crippen LogP) is 6.25. The van der Waals surface area contributed by atoms with Crippen molar-refractivity contribution >= 4 is 33.1 Å². The SMILES string of the molecule is CC(C)COc1cccc(C(=O)Nc2ccccc2-c2nc3ccccc3s2)c1. The molecule has 0 unspecified atom stereocenters. The summed E-state index contributed by atoms with van der Waals surface area (Å²) in [5.41, 5.74) is 3.17. The monoisotopic (exact) mass is 402 g/mol. The van der Waals surface area contributed by atoms with Gasteiger partial charge in [-0.3, -0.25) is 4.79 Å². The molecule has 1 N–H and O–H groups in total. The summed E-state index contributed by atoms with van der Waals surface area (Å²) in [6.45, 7) is 4.80. The van der Waals surface area contributed by atoms with Gasteiger partial charge in [-0.25, -0.2) is 4.98 Å². The number of amides is 1. The molecule has 4 rings (SSSR count). The first-order chi connectivity index (χ1) is 14.1. The number of thiazole rings is 1. The number of rotatable bonds is 6. The van der Waals surface area contributed by atoms with Crippen molar-refractivity contribution < 1.29 is 9.53 Å². The maximum Gasteiger partial charge on any atom is 0.255 e. The van der Waals surface area contributed by atoms with Crippen molar-refractivity contribution in [2.45, 2.75) is 13.8 Å². The molecule has 4 nitrogen and oxygen atoms in total. The third-order valence-corrected chi connectivity index (χ3v) is 5.45. The standard InChI is InChI=1S/C24H22N2O2S/c1-16(2)15-28-18-9-7-8-17(14-18)23(27)25-20-11-4-3-10-19(20)24-26-21-12-5-6-13-22(21)29-24/h3-14,16H,15H2,1-2H3,(H,25,27). The van der Waals surface area contributed by atoms with Crippen LogP contribution in [-0.2, 0) is 0 Å². The molecule has 5 heteroatoms. The van der Waals surface area contributed by atoms with Crippen LogP contribution in [0, 0.1) is 5.92 Å². The number of nitrogens with one attached hydrogen (secondary N) is 1. The van der Waals surface area contributed by atoms with Gasteiger partial charge in [-0.2, -0.15) is 0 Å². The summed E-state index contributed by atoms with van der Waals surface area (Å²) < 4.78 is 6.87. The molecule has 4 aromatic rings. The van der Waals surface area contributed by atoms with Gasteiger partial charge in [0.25, 0.3) is 5.91 Å². The molecule has 0 radical (unpaired) electrons. The fourth-order valence-corrected chi connectivity index (χ4v) is 3.96. The lowest BCUT2D eigenvalue weighted by Gasteiger charge is -2.11. The van der Waals surface area contributed by atoms with Crippen LogP contribution in [0.5, 0.6) is 5.75 Å². The number of carbonyl (C=O) groups excluding carboxylic acids is 1. The molecule has 1 amide bonds. The Balaban J connectivity index is 1.59. The van der Waals surface area contributed by atoms with Gasteiger partial charge in [-0.05, 0) is 48.4 Å². The van der Waals surface area contributed by atoms with E-state index in [0.29, 0.717) is 23.8 Å². The van der Waals surface area contributed by atoms with Crippen molar-refractivity contribution in [1.82, 2.24) is 4.98 Å². The lowest BCUT2D eigenvalue weighted by molar-refractivity contribution is 0.102. The summed E-state index contributed by atoms with van der Waals surface area (Å²) in [5, 5.41) is 3.92. The maximum atomic E-state index is 12.9. The molecule has 0 spiro atoms. The zero-order valence-electron chi connectivity index (χ0n) is 16.4. The number of aromatic nitrogens is 1. The average Bonchev–Trinajstić information content (AvgIpc) is 3.17. The van der Waals surface area contributed by atoms with Crippen molar-refractivity contribution in [2.24, 2.45) is 5.92 Å². The summed E-state index contributed by atoms with van der Waals surface area (Å²) >= 11 is 1.62. The van der Waals surface area contributed by atoms with E-state index in [1.807, 2.05) is 54.6 Å². The number of benzene rings is 3. The molecular weight excluding hydrogens is 380 g/mol. The van der Waals surface area contributed by atoms with E-state index in [1.54, 1.807) is 23.5 Å². The Morgan fingerprint density at radius 2 is 1.83 bits per heavy atom. The Morgan fingerprint density at radius 1 is 1.03 bits per heavy atom. The number of para-hydroxylation sites is 2. The summed E-state index contributed by atoms with van der Waals surface area (Å²) in [5.74, 6) is 0.951. The smallest absolute Gasteiger partial charge is 0.255 e. The second kappa shape index (κ2) is 8.45. The second-order valence-corrected chi connectivity index (χ2v) is 8.25. The van der Waals surface area contributed by atoms with E-state index in [-0.39, 0.29) is 5.91 Å². The molecule has 3 aromatic carbocycles. The summed E-state index contributed by atoms with van der Waals surface area (Å²) in [6.07, 6.45) is 0. The van der Waals surface area contributed by atoms with E-state index >= 15 is 0 Å². The Bertz CT molecular complexity index is 1120. The quantitative estimate of drug-likeness (QED) is 0.415. The second-order valence-electron chi connectivity index (χ2n) is 7.22. The molecule has 0 bridgehead atoms. The summed E-state index contributed by atoms with van der Waals surface area (Å²) in [6, 6.07) is 23.1. The van der Waals surface area contributed by atoms with E-state index in [0.717, 1.165) is 26.5 Å².